The maximum atomic E-state index is 12.1. The zero-order valence-electron chi connectivity index (χ0n) is 15.0. The number of aromatic amines is 1. The minimum absolute atomic E-state index is 0.0309. The van der Waals surface area contributed by atoms with E-state index in [9.17, 15) is 9.59 Å². The van der Waals surface area contributed by atoms with Crippen LogP contribution in [0.15, 0.2) is 53.6 Å². The molecular weight excluding hydrogens is 364 g/mol. The van der Waals surface area contributed by atoms with Crippen molar-refractivity contribution >= 4 is 17.5 Å². The molecule has 0 aliphatic carbocycles. The van der Waals surface area contributed by atoms with Crippen LogP contribution in [0.1, 0.15) is 19.4 Å². The highest BCUT2D eigenvalue weighted by Gasteiger charge is 2.12. The molecule has 0 spiro atoms. The van der Waals surface area contributed by atoms with Gasteiger partial charge in [-0.3, -0.25) is 14.6 Å². The third-order valence-corrected chi connectivity index (χ3v) is 4.31. The SMILES string of the molecule is CC(C)C(=O)NCc1ccc(Cl)c(-c2nc(-c3cccnc3)cc(=O)[nH]2)c1. The summed E-state index contributed by atoms with van der Waals surface area (Å²) in [6, 6.07) is 10.4. The second-order valence-electron chi connectivity index (χ2n) is 6.41. The van der Waals surface area contributed by atoms with Crippen LogP contribution in [0.5, 0.6) is 0 Å². The zero-order chi connectivity index (χ0) is 19.4. The van der Waals surface area contributed by atoms with E-state index in [1.165, 1.54) is 6.07 Å². The van der Waals surface area contributed by atoms with Gasteiger partial charge < -0.3 is 10.3 Å². The van der Waals surface area contributed by atoms with Crippen molar-refractivity contribution in [1.82, 2.24) is 20.3 Å². The van der Waals surface area contributed by atoms with Gasteiger partial charge in [-0.1, -0.05) is 31.5 Å². The normalized spacial score (nSPS) is 10.8. The Hall–Kier alpha value is -2.99. The molecule has 3 rings (SSSR count). The van der Waals surface area contributed by atoms with Crippen molar-refractivity contribution in [2.45, 2.75) is 20.4 Å². The van der Waals surface area contributed by atoms with Crippen LogP contribution in [0.25, 0.3) is 22.6 Å². The third kappa shape index (κ3) is 4.60. The van der Waals surface area contributed by atoms with Crippen molar-refractivity contribution in [3.63, 3.8) is 0 Å². The van der Waals surface area contributed by atoms with Gasteiger partial charge >= 0.3 is 0 Å². The number of H-pyrrole nitrogens is 1. The largest absolute Gasteiger partial charge is 0.352 e. The van der Waals surface area contributed by atoms with Crippen molar-refractivity contribution in [2.24, 2.45) is 5.92 Å². The van der Waals surface area contributed by atoms with Crippen LogP contribution >= 0.6 is 11.6 Å². The summed E-state index contributed by atoms with van der Waals surface area (Å²) in [5, 5.41) is 3.32. The summed E-state index contributed by atoms with van der Waals surface area (Å²) in [6.07, 6.45) is 3.30. The van der Waals surface area contributed by atoms with Crippen LogP contribution in [0.2, 0.25) is 5.02 Å². The van der Waals surface area contributed by atoms with Gasteiger partial charge in [0.2, 0.25) is 5.91 Å². The van der Waals surface area contributed by atoms with Gasteiger partial charge in [-0.2, -0.15) is 0 Å². The van der Waals surface area contributed by atoms with Crippen LogP contribution in [-0.2, 0) is 11.3 Å². The summed E-state index contributed by atoms with van der Waals surface area (Å²) in [7, 11) is 0. The van der Waals surface area contributed by atoms with Crippen LogP contribution in [0.4, 0.5) is 0 Å². The number of rotatable bonds is 5. The highest BCUT2D eigenvalue weighted by molar-refractivity contribution is 6.33. The molecule has 0 unspecified atom stereocenters. The van der Waals surface area contributed by atoms with Gasteiger partial charge in [0.05, 0.1) is 10.7 Å². The fraction of sp³-hybridized carbons (Fsp3) is 0.200. The number of hydrogen-bond acceptors (Lipinski definition) is 4. The van der Waals surface area contributed by atoms with Gasteiger partial charge in [-0.25, -0.2) is 4.98 Å². The zero-order valence-corrected chi connectivity index (χ0v) is 15.7. The maximum absolute atomic E-state index is 12.1. The lowest BCUT2D eigenvalue weighted by Crippen LogP contribution is -2.27. The number of nitrogens with zero attached hydrogens (tertiary/aromatic N) is 2. The maximum Gasteiger partial charge on any atom is 0.251 e. The van der Waals surface area contributed by atoms with E-state index in [1.807, 2.05) is 32.0 Å². The average molecular weight is 383 g/mol. The Balaban J connectivity index is 1.96. The minimum Gasteiger partial charge on any atom is -0.352 e. The van der Waals surface area contributed by atoms with Crippen molar-refractivity contribution in [3.8, 4) is 22.6 Å². The lowest BCUT2D eigenvalue weighted by Gasteiger charge is -2.11. The number of halogens is 1. The monoisotopic (exact) mass is 382 g/mol. The Morgan fingerprint density at radius 2 is 2.07 bits per heavy atom. The first-order valence-electron chi connectivity index (χ1n) is 8.52. The standard InChI is InChI=1S/C20H19ClN4O2/c1-12(2)20(27)23-10-13-5-6-16(21)15(8-13)19-24-17(9-18(26)25-19)14-4-3-7-22-11-14/h3-9,11-12H,10H2,1-2H3,(H,23,27)(H,24,25,26). The van der Waals surface area contributed by atoms with Gasteiger partial charge in [-0.05, 0) is 29.8 Å². The van der Waals surface area contributed by atoms with Crippen LogP contribution in [0, 0.1) is 5.92 Å². The topological polar surface area (TPSA) is 87.7 Å². The van der Waals surface area contributed by atoms with Gasteiger partial charge in [0.1, 0.15) is 5.82 Å². The fourth-order valence-electron chi connectivity index (χ4n) is 2.50. The summed E-state index contributed by atoms with van der Waals surface area (Å²) < 4.78 is 0. The Morgan fingerprint density at radius 1 is 1.26 bits per heavy atom. The van der Waals surface area contributed by atoms with E-state index in [0.29, 0.717) is 28.6 Å². The van der Waals surface area contributed by atoms with E-state index >= 15 is 0 Å². The lowest BCUT2D eigenvalue weighted by atomic mass is 10.1. The van der Waals surface area contributed by atoms with Gasteiger partial charge in [0.25, 0.3) is 5.56 Å². The predicted octanol–water partition coefficient (Wildman–Crippen LogP) is 3.42. The van der Waals surface area contributed by atoms with E-state index < -0.39 is 0 Å². The molecule has 0 saturated heterocycles. The number of benzene rings is 1. The summed E-state index contributed by atoms with van der Waals surface area (Å²) in [4.78, 5) is 35.2. The first-order chi connectivity index (χ1) is 12.9. The molecule has 2 heterocycles. The van der Waals surface area contributed by atoms with Crippen molar-refractivity contribution in [3.05, 3.63) is 69.7 Å². The fourth-order valence-corrected chi connectivity index (χ4v) is 2.71. The number of hydrogen-bond donors (Lipinski definition) is 2. The average Bonchev–Trinajstić information content (AvgIpc) is 2.67. The lowest BCUT2D eigenvalue weighted by molar-refractivity contribution is -0.124. The highest BCUT2D eigenvalue weighted by atomic mass is 35.5. The number of carbonyl (C=O) groups excluding carboxylic acids is 1. The first-order valence-corrected chi connectivity index (χ1v) is 8.90. The second kappa shape index (κ2) is 8.14. The summed E-state index contributed by atoms with van der Waals surface area (Å²) in [5.74, 6) is 0.242. The van der Waals surface area contributed by atoms with E-state index in [-0.39, 0.29) is 17.4 Å². The van der Waals surface area contributed by atoms with Crippen LogP contribution < -0.4 is 10.9 Å². The Labute approximate surface area is 161 Å². The molecule has 0 bridgehead atoms. The Bertz CT molecular complexity index is 1020. The summed E-state index contributed by atoms with van der Waals surface area (Å²) >= 11 is 6.33. The molecule has 7 heteroatoms. The molecule has 0 radical (unpaired) electrons. The molecule has 2 aromatic heterocycles. The molecule has 0 saturated carbocycles. The number of nitrogens with one attached hydrogen (secondary N) is 2. The molecule has 1 amide bonds. The van der Waals surface area contributed by atoms with Crippen molar-refractivity contribution < 1.29 is 4.79 Å². The Morgan fingerprint density at radius 3 is 2.78 bits per heavy atom. The van der Waals surface area contributed by atoms with E-state index in [1.54, 1.807) is 24.5 Å². The molecule has 2 N–H and O–H groups in total. The molecule has 27 heavy (non-hydrogen) atoms. The Kier molecular flexibility index (Phi) is 5.66. The molecular formula is C20H19ClN4O2. The number of carbonyl (C=O) groups is 1. The third-order valence-electron chi connectivity index (χ3n) is 3.98. The molecule has 6 nitrogen and oxygen atoms in total. The number of aromatic nitrogens is 3. The quantitative estimate of drug-likeness (QED) is 0.707. The minimum atomic E-state index is -0.284. The number of pyridine rings is 1. The molecule has 138 valence electrons. The summed E-state index contributed by atoms with van der Waals surface area (Å²) in [6.45, 7) is 4.04. The smallest absolute Gasteiger partial charge is 0.251 e. The molecule has 0 fully saturated rings. The van der Waals surface area contributed by atoms with Crippen LogP contribution in [0.3, 0.4) is 0 Å². The van der Waals surface area contributed by atoms with Gasteiger partial charge in [-0.15, -0.1) is 0 Å². The predicted molar refractivity (Wildman–Crippen MR) is 105 cm³/mol. The molecule has 0 atom stereocenters. The van der Waals surface area contributed by atoms with E-state index in [2.05, 4.69) is 20.3 Å². The molecule has 0 aliphatic rings. The number of amides is 1. The molecule has 0 aliphatic heterocycles. The molecule has 3 aromatic rings. The van der Waals surface area contributed by atoms with Crippen LogP contribution in [-0.4, -0.2) is 20.9 Å². The highest BCUT2D eigenvalue weighted by Crippen LogP contribution is 2.27. The van der Waals surface area contributed by atoms with Crippen molar-refractivity contribution in [2.75, 3.05) is 0 Å². The van der Waals surface area contributed by atoms with E-state index in [4.69, 9.17) is 11.6 Å². The van der Waals surface area contributed by atoms with E-state index in [0.717, 1.165) is 11.1 Å². The van der Waals surface area contributed by atoms with Crippen molar-refractivity contribution in [1.29, 1.82) is 0 Å². The second-order valence-corrected chi connectivity index (χ2v) is 6.81. The summed E-state index contributed by atoms with van der Waals surface area (Å²) in [5.41, 5.74) is 2.42. The van der Waals surface area contributed by atoms with Gasteiger partial charge in [0, 0.05) is 42.0 Å². The van der Waals surface area contributed by atoms with Gasteiger partial charge in [0.15, 0.2) is 0 Å². The first kappa shape index (κ1) is 18.8. The molecule has 1 aromatic carbocycles.